The largest absolute Gasteiger partial charge is 0.396 e. The first-order valence-corrected chi connectivity index (χ1v) is 14.8. The third-order valence-electron chi connectivity index (χ3n) is 6.81. The molecule has 4 N–H and O–H groups in total. The van der Waals surface area contributed by atoms with Crippen molar-refractivity contribution in [3.8, 4) is 0 Å². The molecule has 0 radical (unpaired) electrons. The smallest absolute Gasteiger partial charge is 0.116 e. The molecule has 1 aliphatic heterocycles. The van der Waals surface area contributed by atoms with Gasteiger partial charge in [-0.15, -0.1) is 22.7 Å². The Bertz CT molecular complexity index is 1130. The minimum atomic E-state index is -0.0532. The van der Waals surface area contributed by atoms with E-state index in [0.717, 1.165) is 46.9 Å². The Morgan fingerprint density at radius 1 is 1.19 bits per heavy atom. The molecule has 1 aliphatic rings. The fourth-order valence-electron chi connectivity index (χ4n) is 4.75. The lowest BCUT2D eigenvalue weighted by Crippen LogP contribution is -2.46. The lowest BCUT2D eigenvalue weighted by Gasteiger charge is -2.38. The van der Waals surface area contributed by atoms with E-state index in [1.807, 2.05) is 20.0 Å². The van der Waals surface area contributed by atoms with Crippen LogP contribution in [0.15, 0.2) is 54.9 Å². The maximum Gasteiger partial charge on any atom is 0.116 e. The monoisotopic (exact) mass is 525 g/mol. The van der Waals surface area contributed by atoms with Gasteiger partial charge in [-0.25, -0.2) is 10.8 Å². The third kappa shape index (κ3) is 6.13. The normalized spacial score (nSPS) is 17.7. The number of thiazole rings is 1. The molecule has 0 amide bonds. The zero-order chi connectivity index (χ0) is 26.4. The Balaban J connectivity index is 0.00000176. The van der Waals surface area contributed by atoms with Gasteiger partial charge in [-0.05, 0) is 55.4 Å². The van der Waals surface area contributed by atoms with Crippen molar-refractivity contribution in [1.82, 2.24) is 14.9 Å². The predicted molar refractivity (Wildman–Crippen MR) is 159 cm³/mol. The minimum Gasteiger partial charge on any atom is -0.396 e. The molecule has 3 atom stereocenters. The first kappa shape index (κ1) is 28.2. The van der Waals surface area contributed by atoms with Gasteiger partial charge in [0.05, 0.1) is 32.9 Å². The van der Waals surface area contributed by atoms with Crippen molar-refractivity contribution in [1.29, 1.82) is 0 Å². The van der Waals surface area contributed by atoms with Gasteiger partial charge in [0.25, 0.3) is 0 Å². The summed E-state index contributed by atoms with van der Waals surface area (Å²) in [6.07, 6.45) is 5.21. The Morgan fingerprint density at radius 2 is 1.92 bits per heavy atom. The fraction of sp³-hybridized carbons (Fsp3) is 0.483. The number of aromatic nitrogens is 1. The highest BCUT2D eigenvalue weighted by Crippen LogP contribution is 2.40. The van der Waals surface area contributed by atoms with Gasteiger partial charge in [0, 0.05) is 23.3 Å². The maximum absolute atomic E-state index is 6.64. The van der Waals surface area contributed by atoms with Crippen LogP contribution in [0.1, 0.15) is 87.5 Å². The second-order valence-corrected chi connectivity index (χ2v) is 11.8. The number of hydrogen-bond donors (Lipinski definition) is 2. The number of likely N-dealkylation sites (tertiary alicyclic amines) is 1. The molecule has 3 unspecified atom stereocenters. The molecular weight excluding hydrogens is 482 g/mol. The van der Waals surface area contributed by atoms with Crippen LogP contribution >= 0.6 is 22.7 Å². The van der Waals surface area contributed by atoms with Crippen molar-refractivity contribution in [3.05, 3.63) is 69.6 Å². The van der Waals surface area contributed by atoms with Crippen LogP contribution in [0.2, 0.25) is 0 Å². The molecule has 5 nitrogen and oxygen atoms in total. The molecule has 7 heteroatoms. The Labute approximate surface area is 225 Å². The van der Waals surface area contributed by atoms with E-state index in [0.29, 0.717) is 11.6 Å². The van der Waals surface area contributed by atoms with Gasteiger partial charge < -0.3 is 15.6 Å². The Kier molecular flexibility index (Phi) is 10.00. The van der Waals surface area contributed by atoms with Crippen molar-refractivity contribution in [2.45, 2.75) is 78.8 Å². The summed E-state index contributed by atoms with van der Waals surface area (Å²) >= 11 is 3.54. The van der Waals surface area contributed by atoms with Crippen LogP contribution in [0.4, 0.5) is 0 Å². The molecule has 0 bridgehead atoms. The lowest BCUT2D eigenvalue weighted by atomic mass is 9.99. The molecule has 4 rings (SSSR count). The highest BCUT2D eigenvalue weighted by Gasteiger charge is 2.34. The summed E-state index contributed by atoms with van der Waals surface area (Å²) in [6, 6.07) is 12.8. The maximum atomic E-state index is 6.64. The fourth-order valence-corrected chi connectivity index (χ4v) is 6.93. The summed E-state index contributed by atoms with van der Waals surface area (Å²) in [5, 5.41) is 2.93. The SMILES string of the molecule is C=C(C(C(C)C)N(N)/C=C(\N)c1ccc(C(C)CC)s1)N1CCCC1c1nc2ccccc2s1.CC. The average molecular weight is 526 g/mol. The van der Waals surface area contributed by atoms with Crippen LogP contribution in [-0.2, 0) is 0 Å². The van der Waals surface area contributed by atoms with Crippen LogP contribution in [0.3, 0.4) is 0 Å². The summed E-state index contributed by atoms with van der Waals surface area (Å²) < 4.78 is 1.24. The van der Waals surface area contributed by atoms with E-state index in [1.165, 1.54) is 9.58 Å². The van der Waals surface area contributed by atoms with Crippen LogP contribution in [0, 0.1) is 5.92 Å². The van der Waals surface area contributed by atoms with E-state index in [9.17, 15) is 0 Å². The van der Waals surface area contributed by atoms with Gasteiger partial charge >= 0.3 is 0 Å². The Morgan fingerprint density at radius 3 is 2.58 bits per heavy atom. The highest BCUT2D eigenvalue weighted by atomic mass is 32.1. The van der Waals surface area contributed by atoms with Crippen LogP contribution in [0.25, 0.3) is 15.9 Å². The van der Waals surface area contributed by atoms with E-state index < -0.39 is 0 Å². The van der Waals surface area contributed by atoms with Gasteiger partial charge in [0.2, 0.25) is 0 Å². The van der Waals surface area contributed by atoms with Crippen molar-refractivity contribution >= 4 is 38.6 Å². The molecule has 1 fully saturated rings. The standard InChI is InChI=1S/C27H37N5S2.C2H6/c1-6-18(4)23-13-14-24(33-23)20(28)16-32(29)26(17(2)3)19(5)31-15-9-11-22(31)27-30-21-10-7-8-12-25(21)34-27;1-2/h7-8,10,12-14,16-18,22,26H,5-6,9,11,15,28-29H2,1-4H3;1-2H3/b20-16-;. The van der Waals surface area contributed by atoms with Crippen molar-refractivity contribution in [2.24, 2.45) is 17.5 Å². The van der Waals surface area contributed by atoms with Gasteiger partial charge in [-0.2, -0.15) is 0 Å². The van der Waals surface area contributed by atoms with E-state index in [-0.39, 0.29) is 18.0 Å². The van der Waals surface area contributed by atoms with Crippen LogP contribution in [-0.4, -0.2) is 27.5 Å². The first-order valence-electron chi connectivity index (χ1n) is 13.2. The van der Waals surface area contributed by atoms with Gasteiger partial charge in [0.15, 0.2) is 0 Å². The second kappa shape index (κ2) is 12.7. The summed E-state index contributed by atoms with van der Waals surface area (Å²) in [7, 11) is 0. The molecule has 1 saturated heterocycles. The average Bonchev–Trinajstić information content (AvgIpc) is 3.63. The lowest BCUT2D eigenvalue weighted by molar-refractivity contribution is 0.192. The predicted octanol–water partition coefficient (Wildman–Crippen LogP) is 7.71. The van der Waals surface area contributed by atoms with Gasteiger partial charge in [0.1, 0.15) is 5.01 Å². The molecular formula is C29H43N5S2. The number of hydrazine groups is 1. The summed E-state index contributed by atoms with van der Waals surface area (Å²) in [6.45, 7) is 18.4. The molecule has 196 valence electrons. The molecule has 0 saturated carbocycles. The first-order chi connectivity index (χ1) is 17.3. The molecule has 36 heavy (non-hydrogen) atoms. The zero-order valence-corrected chi connectivity index (χ0v) is 24.3. The van der Waals surface area contributed by atoms with Gasteiger partial charge in [-0.3, -0.25) is 0 Å². The topological polar surface area (TPSA) is 71.4 Å². The third-order valence-corrected chi connectivity index (χ3v) is 9.31. The molecule has 0 aliphatic carbocycles. The minimum absolute atomic E-state index is 0.0532. The number of fused-ring (bicyclic) bond motifs is 1. The molecule has 3 aromatic rings. The van der Waals surface area contributed by atoms with E-state index >= 15 is 0 Å². The quantitative estimate of drug-likeness (QED) is 0.221. The summed E-state index contributed by atoms with van der Waals surface area (Å²) in [5.74, 6) is 7.46. The van der Waals surface area contributed by atoms with Crippen molar-refractivity contribution < 1.29 is 0 Å². The van der Waals surface area contributed by atoms with Crippen LogP contribution in [0.5, 0.6) is 0 Å². The van der Waals surface area contributed by atoms with Crippen molar-refractivity contribution in [2.75, 3.05) is 6.54 Å². The number of nitrogens with zero attached hydrogens (tertiary/aromatic N) is 3. The van der Waals surface area contributed by atoms with Gasteiger partial charge in [-0.1, -0.05) is 60.3 Å². The summed E-state index contributed by atoms with van der Waals surface area (Å²) in [4.78, 5) is 9.79. The number of nitrogens with two attached hydrogens (primary N) is 2. The number of para-hydroxylation sites is 1. The summed E-state index contributed by atoms with van der Waals surface area (Å²) in [5.41, 5.74) is 9.31. The number of benzene rings is 1. The van der Waals surface area contributed by atoms with E-state index in [4.69, 9.17) is 16.6 Å². The van der Waals surface area contributed by atoms with Crippen molar-refractivity contribution in [3.63, 3.8) is 0 Å². The number of thiophene rings is 1. The number of hydrogen-bond acceptors (Lipinski definition) is 7. The molecule has 3 heterocycles. The molecule has 2 aromatic heterocycles. The van der Waals surface area contributed by atoms with Crippen LogP contribution < -0.4 is 11.6 Å². The van der Waals surface area contributed by atoms with E-state index in [2.05, 4.69) is 75.6 Å². The zero-order valence-electron chi connectivity index (χ0n) is 22.7. The molecule has 1 aromatic carbocycles. The number of rotatable bonds is 9. The molecule has 0 spiro atoms. The Hall–Kier alpha value is -2.35. The second-order valence-electron chi connectivity index (χ2n) is 9.59. The highest BCUT2D eigenvalue weighted by molar-refractivity contribution is 7.18. The van der Waals surface area contributed by atoms with E-state index in [1.54, 1.807) is 27.7 Å².